The lowest BCUT2D eigenvalue weighted by molar-refractivity contribution is -0.117. The van der Waals surface area contributed by atoms with Gasteiger partial charge in [-0.05, 0) is 26.2 Å². The third-order valence-corrected chi connectivity index (χ3v) is 3.32. The second-order valence-electron chi connectivity index (χ2n) is 5.03. The molecule has 0 atom stereocenters. The van der Waals surface area contributed by atoms with E-state index in [1.165, 1.54) is 6.92 Å². The van der Waals surface area contributed by atoms with Gasteiger partial charge in [0.2, 0.25) is 0 Å². The molecule has 0 aromatic carbocycles. The summed E-state index contributed by atoms with van der Waals surface area (Å²) in [6, 6.07) is 0. The van der Waals surface area contributed by atoms with E-state index >= 15 is 0 Å². The van der Waals surface area contributed by atoms with E-state index in [2.05, 4.69) is 4.98 Å². The van der Waals surface area contributed by atoms with Crippen LogP contribution in [0.5, 0.6) is 0 Å². The van der Waals surface area contributed by atoms with Crippen LogP contribution in [-0.4, -0.2) is 24.5 Å². The number of unbranched alkanes of at least 4 members (excludes halogenated alkanes) is 1. The van der Waals surface area contributed by atoms with Crippen LogP contribution in [-0.2, 0) is 24.8 Å². The molecule has 0 bridgehead atoms. The van der Waals surface area contributed by atoms with Crippen LogP contribution < -0.4 is 11.2 Å². The van der Waals surface area contributed by atoms with Crippen LogP contribution in [0.3, 0.4) is 0 Å². The Bertz CT molecular complexity index is 971. The third-order valence-electron chi connectivity index (χ3n) is 3.32. The number of ketones is 1. The van der Waals surface area contributed by atoms with Gasteiger partial charge < -0.3 is 9.36 Å². The van der Waals surface area contributed by atoms with Gasteiger partial charge in [0.1, 0.15) is 5.78 Å². The topological polar surface area (TPSA) is 78.9 Å². The summed E-state index contributed by atoms with van der Waals surface area (Å²) in [4.78, 5) is 40.4. The van der Waals surface area contributed by atoms with Gasteiger partial charge in [0.15, 0.2) is 11.2 Å². The third kappa shape index (κ3) is 3.03. The van der Waals surface area contributed by atoms with Gasteiger partial charge in [-0.1, -0.05) is 6.92 Å². The molecule has 0 unspecified atom stereocenters. The van der Waals surface area contributed by atoms with E-state index < -0.39 is 24.7 Å². The van der Waals surface area contributed by atoms with Crippen LogP contribution in [0.1, 0.15) is 46.4 Å². The summed E-state index contributed by atoms with van der Waals surface area (Å²) in [5, 5.41) is 0. The van der Waals surface area contributed by atoms with Crippen molar-refractivity contribution in [1.82, 2.24) is 18.7 Å². The van der Waals surface area contributed by atoms with Crippen molar-refractivity contribution >= 4 is 16.9 Å². The quantitative estimate of drug-likeness (QED) is 0.716. The fraction of sp³-hybridized carbons (Fsp3) is 0.600. The zero-order chi connectivity index (χ0) is 20.6. The number of aromatic nitrogens is 4. The van der Waals surface area contributed by atoms with Crippen molar-refractivity contribution < 1.29 is 11.6 Å². The maximum Gasteiger partial charge on any atom is 0.332 e. The number of carbonyl (C=O) groups excluding carboxylic acids is 1. The molecule has 0 N–H and O–H groups in total. The average Bonchev–Trinajstić information content (AvgIpc) is 2.97. The first kappa shape index (κ1) is 10.5. The lowest BCUT2D eigenvalue weighted by Gasteiger charge is -2.09. The molecule has 2 aromatic heterocycles. The number of carbonyl (C=O) groups is 1. The van der Waals surface area contributed by atoms with E-state index in [0.717, 1.165) is 15.5 Å². The van der Waals surface area contributed by atoms with Gasteiger partial charge in [-0.25, -0.2) is 9.78 Å². The summed E-state index contributed by atoms with van der Waals surface area (Å²) in [6.45, 7) is -1.92. The SMILES string of the molecule is [2H]C([2H])([2H])n1c(=O)n(CCCCC(C)=O)c(=O)c2c1ncn2C([2H])([2H])CC. The number of aryl methyl sites for hydroxylation is 2. The normalized spacial score (nSPS) is 15.8. The maximum absolute atomic E-state index is 12.9. The Labute approximate surface area is 135 Å². The minimum absolute atomic E-state index is 0.0173. The highest BCUT2D eigenvalue weighted by Gasteiger charge is 2.15. The summed E-state index contributed by atoms with van der Waals surface area (Å²) in [7, 11) is 0. The van der Waals surface area contributed by atoms with Gasteiger partial charge in [-0.15, -0.1) is 0 Å². The number of fused-ring (bicyclic) bond motifs is 1. The molecule has 22 heavy (non-hydrogen) atoms. The molecule has 0 radical (unpaired) electrons. The lowest BCUT2D eigenvalue weighted by Crippen LogP contribution is -2.39. The van der Waals surface area contributed by atoms with E-state index in [0.29, 0.717) is 23.8 Å². The number of hydrogen-bond acceptors (Lipinski definition) is 4. The zero-order valence-corrected chi connectivity index (χ0v) is 12.6. The van der Waals surface area contributed by atoms with Crippen LogP contribution in [0.2, 0.25) is 0 Å². The molecule has 0 amide bonds. The molecule has 2 heterocycles. The molecule has 0 aliphatic rings. The fourth-order valence-electron chi connectivity index (χ4n) is 2.26. The Morgan fingerprint density at radius 1 is 1.41 bits per heavy atom. The monoisotopic (exact) mass is 311 g/mol. The van der Waals surface area contributed by atoms with Gasteiger partial charge in [0.05, 0.1) is 6.33 Å². The summed E-state index contributed by atoms with van der Waals surface area (Å²) < 4.78 is 41.2. The Balaban J connectivity index is 2.72. The number of rotatable bonds is 7. The van der Waals surface area contributed by atoms with Gasteiger partial charge in [-0.3, -0.25) is 13.9 Å². The van der Waals surface area contributed by atoms with Gasteiger partial charge in [0, 0.05) is 33.3 Å². The highest BCUT2D eigenvalue weighted by atomic mass is 16.2. The van der Waals surface area contributed by atoms with Gasteiger partial charge in [-0.2, -0.15) is 0 Å². The van der Waals surface area contributed by atoms with E-state index in [1.54, 1.807) is 6.92 Å². The van der Waals surface area contributed by atoms with E-state index in [-0.39, 0.29) is 29.9 Å². The second-order valence-corrected chi connectivity index (χ2v) is 5.03. The number of Topliss-reactive ketones (excluding diaryl/α,β-unsaturated/α-hetero) is 1. The smallest absolute Gasteiger partial charge is 0.325 e. The first-order valence-electron chi connectivity index (χ1n) is 9.65. The molecule has 0 fully saturated rings. The van der Waals surface area contributed by atoms with Gasteiger partial charge >= 0.3 is 5.69 Å². The Morgan fingerprint density at radius 2 is 2.18 bits per heavy atom. The predicted molar refractivity (Wildman–Crippen MR) is 84.1 cm³/mol. The highest BCUT2D eigenvalue weighted by molar-refractivity contribution is 5.75. The number of nitrogens with zero attached hydrogens (tertiary/aromatic N) is 4. The fourth-order valence-corrected chi connectivity index (χ4v) is 2.26. The van der Waals surface area contributed by atoms with Crippen LogP contribution in [0.25, 0.3) is 11.2 Å². The Hall–Kier alpha value is -2.18. The van der Waals surface area contributed by atoms with Crippen LogP contribution >= 0.6 is 0 Å². The molecule has 0 aliphatic carbocycles. The molecule has 0 saturated heterocycles. The standard InChI is InChI=1S/C15H22N4O3/c1-4-8-18-10-16-13-12(18)14(21)19(15(22)17(13)3)9-6-5-7-11(2)20/h10H,4-9H2,1-3H3/i3D3,8D2. The number of hydrogen-bond donors (Lipinski definition) is 0. The second kappa shape index (κ2) is 6.72. The van der Waals surface area contributed by atoms with Crippen molar-refractivity contribution in [3.8, 4) is 0 Å². The van der Waals surface area contributed by atoms with Crippen molar-refractivity contribution in [2.75, 3.05) is 0 Å². The van der Waals surface area contributed by atoms with Gasteiger partial charge in [0.25, 0.3) is 5.56 Å². The molecule has 7 nitrogen and oxygen atoms in total. The minimum atomic E-state index is -2.89. The first-order chi connectivity index (χ1) is 12.4. The van der Waals surface area contributed by atoms with Crippen molar-refractivity contribution in [3.63, 3.8) is 0 Å². The zero-order valence-electron chi connectivity index (χ0n) is 17.6. The van der Waals surface area contributed by atoms with Crippen LogP contribution in [0, 0.1) is 0 Å². The summed E-state index contributed by atoms with van der Waals surface area (Å²) >= 11 is 0. The summed E-state index contributed by atoms with van der Waals surface area (Å²) in [5.74, 6) is -0.0214. The van der Waals surface area contributed by atoms with Crippen LogP contribution in [0.15, 0.2) is 15.9 Å². The number of imidazole rings is 1. The van der Waals surface area contributed by atoms with Crippen molar-refractivity contribution in [2.45, 2.75) is 52.6 Å². The molecular weight excluding hydrogens is 284 g/mol. The largest absolute Gasteiger partial charge is 0.332 e. The van der Waals surface area contributed by atoms with E-state index in [9.17, 15) is 14.4 Å². The molecule has 0 aliphatic heterocycles. The van der Waals surface area contributed by atoms with Crippen molar-refractivity contribution in [1.29, 1.82) is 0 Å². The molecule has 120 valence electrons. The molecule has 0 saturated carbocycles. The molecule has 7 heteroatoms. The average molecular weight is 311 g/mol. The predicted octanol–water partition coefficient (Wildman–Crippen LogP) is 1.07. The molecular formula is C15H22N4O3. The molecule has 2 aromatic rings. The lowest BCUT2D eigenvalue weighted by atomic mass is 10.2. The maximum atomic E-state index is 12.9. The minimum Gasteiger partial charge on any atom is -0.325 e. The summed E-state index contributed by atoms with van der Waals surface area (Å²) in [6.07, 6.45) is 2.12. The summed E-state index contributed by atoms with van der Waals surface area (Å²) in [5.41, 5.74) is -2.47. The molecule has 0 spiro atoms. The van der Waals surface area contributed by atoms with Crippen molar-refractivity contribution in [3.05, 3.63) is 27.2 Å². The van der Waals surface area contributed by atoms with Crippen LogP contribution in [0.4, 0.5) is 0 Å². The van der Waals surface area contributed by atoms with E-state index in [4.69, 9.17) is 6.85 Å². The van der Waals surface area contributed by atoms with Crippen molar-refractivity contribution in [2.24, 2.45) is 6.98 Å². The highest BCUT2D eigenvalue weighted by Crippen LogP contribution is 2.07. The Morgan fingerprint density at radius 3 is 2.82 bits per heavy atom. The Kier molecular flexibility index (Phi) is 3.22. The van der Waals surface area contributed by atoms with E-state index in [1.807, 2.05) is 0 Å². The molecule has 2 rings (SSSR count). The first-order valence-corrected chi connectivity index (χ1v) is 7.15.